The lowest BCUT2D eigenvalue weighted by atomic mass is 10.1. The van der Waals surface area contributed by atoms with Gasteiger partial charge in [0.2, 0.25) is 0 Å². The quantitative estimate of drug-likeness (QED) is 0.882. The average molecular weight is 356 g/mol. The third-order valence-electron chi connectivity index (χ3n) is 2.63. The molecule has 2 aromatic carbocycles. The summed E-state index contributed by atoms with van der Waals surface area (Å²) in [7, 11) is 0. The van der Waals surface area contributed by atoms with Crippen molar-refractivity contribution in [1.82, 2.24) is 0 Å². The minimum atomic E-state index is -1.41. The molecule has 0 aliphatic rings. The highest BCUT2D eigenvalue weighted by molar-refractivity contribution is 9.10. The van der Waals surface area contributed by atoms with Crippen LogP contribution in [0.5, 0.6) is 0 Å². The Hall–Kier alpha value is -2.28. The highest BCUT2D eigenvalue weighted by atomic mass is 79.9. The molecule has 0 bridgehead atoms. The molecular formula is C14H8BrF2NO3. The van der Waals surface area contributed by atoms with Crippen LogP contribution in [0.15, 0.2) is 40.9 Å². The molecule has 0 fully saturated rings. The first-order valence-electron chi connectivity index (χ1n) is 5.67. The zero-order valence-electron chi connectivity index (χ0n) is 10.4. The molecule has 4 nitrogen and oxygen atoms in total. The van der Waals surface area contributed by atoms with Crippen LogP contribution in [0.1, 0.15) is 20.7 Å². The van der Waals surface area contributed by atoms with Crippen LogP contribution in [0.25, 0.3) is 0 Å². The summed E-state index contributed by atoms with van der Waals surface area (Å²) in [5.74, 6) is -3.90. The lowest BCUT2D eigenvalue weighted by Crippen LogP contribution is -2.14. The average Bonchev–Trinajstić information content (AvgIpc) is 2.37. The first-order valence-corrected chi connectivity index (χ1v) is 6.47. The second-order valence-electron chi connectivity index (χ2n) is 4.08. The SMILES string of the molecule is O=C(O)c1ccc(NC(=O)c2ccc(Br)cc2F)cc1F. The maximum absolute atomic E-state index is 13.6. The van der Waals surface area contributed by atoms with Crippen LogP contribution in [-0.2, 0) is 0 Å². The van der Waals surface area contributed by atoms with Crippen LogP contribution in [0.4, 0.5) is 14.5 Å². The first kappa shape index (κ1) is 15.1. The van der Waals surface area contributed by atoms with E-state index < -0.39 is 29.1 Å². The molecule has 0 heterocycles. The van der Waals surface area contributed by atoms with Gasteiger partial charge in [0.05, 0.1) is 11.1 Å². The van der Waals surface area contributed by atoms with Crippen molar-refractivity contribution in [2.75, 3.05) is 5.32 Å². The molecule has 108 valence electrons. The third kappa shape index (κ3) is 3.43. The van der Waals surface area contributed by atoms with Gasteiger partial charge in [0.15, 0.2) is 0 Å². The van der Waals surface area contributed by atoms with E-state index in [0.717, 1.165) is 18.2 Å². The summed E-state index contributed by atoms with van der Waals surface area (Å²) in [5, 5.41) is 11.0. The van der Waals surface area contributed by atoms with Crippen molar-refractivity contribution in [3.05, 3.63) is 63.6 Å². The van der Waals surface area contributed by atoms with Crippen molar-refractivity contribution >= 4 is 33.5 Å². The Kier molecular flexibility index (Phi) is 4.32. The number of carboxylic acids is 1. The van der Waals surface area contributed by atoms with Gasteiger partial charge in [0, 0.05) is 10.2 Å². The van der Waals surface area contributed by atoms with E-state index in [4.69, 9.17) is 5.11 Å². The number of aromatic carboxylic acids is 1. The summed E-state index contributed by atoms with van der Waals surface area (Å²) in [4.78, 5) is 22.5. The van der Waals surface area contributed by atoms with Crippen molar-refractivity contribution in [3.8, 4) is 0 Å². The van der Waals surface area contributed by atoms with Gasteiger partial charge in [-0.05, 0) is 36.4 Å². The number of amides is 1. The molecule has 2 rings (SSSR count). The number of carbonyl (C=O) groups excluding carboxylic acids is 1. The van der Waals surface area contributed by atoms with Gasteiger partial charge in [-0.2, -0.15) is 0 Å². The summed E-state index contributed by atoms with van der Waals surface area (Å²) in [6.45, 7) is 0. The van der Waals surface area contributed by atoms with Crippen LogP contribution in [0, 0.1) is 11.6 Å². The van der Waals surface area contributed by atoms with E-state index in [1.807, 2.05) is 0 Å². The largest absolute Gasteiger partial charge is 0.478 e. The molecule has 0 atom stereocenters. The van der Waals surface area contributed by atoms with Crippen molar-refractivity contribution in [3.63, 3.8) is 0 Å². The molecule has 2 aromatic rings. The smallest absolute Gasteiger partial charge is 0.338 e. The maximum atomic E-state index is 13.6. The van der Waals surface area contributed by atoms with Gasteiger partial charge < -0.3 is 10.4 Å². The fourth-order valence-electron chi connectivity index (χ4n) is 1.64. The molecule has 0 saturated carbocycles. The molecule has 0 aliphatic carbocycles. The van der Waals surface area contributed by atoms with Crippen LogP contribution in [0.2, 0.25) is 0 Å². The van der Waals surface area contributed by atoms with Crippen LogP contribution >= 0.6 is 15.9 Å². The fourth-order valence-corrected chi connectivity index (χ4v) is 1.97. The van der Waals surface area contributed by atoms with Gasteiger partial charge in [0.25, 0.3) is 5.91 Å². The number of rotatable bonds is 3. The third-order valence-corrected chi connectivity index (χ3v) is 3.13. The van der Waals surface area contributed by atoms with Crippen LogP contribution in [-0.4, -0.2) is 17.0 Å². The summed E-state index contributed by atoms with van der Waals surface area (Å²) < 4.78 is 27.6. The predicted molar refractivity (Wildman–Crippen MR) is 75.4 cm³/mol. The normalized spacial score (nSPS) is 10.2. The van der Waals surface area contributed by atoms with Gasteiger partial charge in [-0.15, -0.1) is 0 Å². The summed E-state index contributed by atoms with van der Waals surface area (Å²) in [5.41, 5.74) is -0.687. The van der Waals surface area contributed by atoms with Crippen molar-refractivity contribution in [2.45, 2.75) is 0 Å². The Balaban J connectivity index is 2.23. The van der Waals surface area contributed by atoms with Crippen molar-refractivity contribution in [1.29, 1.82) is 0 Å². The summed E-state index contributed by atoms with van der Waals surface area (Å²) in [6.07, 6.45) is 0. The van der Waals surface area contributed by atoms with E-state index >= 15 is 0 Å². The molecule has 0 aromatic heterocycles. The number of anilines is 1. The Bertz CT molecular complexity index is 734. The van der Waals surface area contributed by atoms with E-state index in [9.17, 15) is 18.4 Å². The van der Waals surface area contributed by atoms with Gasteiger partial charge in [-0.1, -0.05) is 15.9 Å². The summed E-state index contributed by atoms with van der Waals surface area (Å²) in [6, 6.07) is 7.00. The van der Waals surface area contributed by atoms with Crippen LogP contribution < -0.4 is 5.32 Å². The number of hydrogen-bond donors (Lipinski definition) is 2. The van der Waals surface area contributed by atoms with Crippen molar-refractivity contribution < 1.29 is 23.5 Å². The Morgan fingerprint density at radius 3 is 2.19 bits per heavy atom. The predicted octanol–water partition coefficient (Wildman–Crippen LogP) is 3.68. The minimum absolute atomic E-state index is 0.0322. The number of nitrogens with one attached hydrogen (secondary N) is 1. The van der Waals surface area contributed by atoms with E-state index in [1.54, 1.807) is 0 Å². The standard InChI is InChI=1S/C14H8BrF2NO3/c15-7-1-3-9(11(16)5-7)13(19)18-8-2-4-10(14(20)21)12(17)6-8/h1-6H,(H,18,19)(H,20,21). The molecule has 0 aliphatic heterocycles. The van der Waals surface area contributed by atoms with Gasteiger partial charge in [-0.25, -0.2) is 13.6 Å². The second-order valence-corrected chi connectivity index (χ2v) is 4.99. The van der Waals surface area contributed by atoms with E-state index in [-0.39, 0.29) is 11.3 Å². The monoisotopic (exact) mass is 355 g/mol. The van der Waals surface area contributed by atoms with Gasteiger partial charge in [0.1, 0.15) is 11.6 Å². The van der Waals surface area contributed by atoms with E-state index in [0.29, 0.717) is 4.47 Å². The summed E-state index contributed by atoms with van der Waals surface area (Å²) >= 11 is 3.07. The molecule has 21 heavy (non-hydrogen) atoms. The maximum Gasteiger partial charge on any atom is 0.338 e. The molecule has 2 N–H and O–H groups in total. The highest BCUT2D eigenvalue weighted by Crippen LogP contribution is 2.18. The zero-order valence-corrected chi connectivity index (χ0v) is 11.9. The molecule has 7 heteroatoms. The lowest BCUT2D eigenvalue weighted by molar-refractivity contribution is 0.0692. The highest BCUT2D eigenvalue weighted by Gasteiger charge is 2.14. The Morgan fingerprint density at radius 1 is 1.00 bits per heavy atom. The van der Waals surface area contributed by atoms with Gasteiger partial charge in [-0.3, -0.25) is 4.79 Å². The topological polar surface area (TPSA) is 66.4 Å². The molecule has 1 amide bonds. The molecule has 0 unspecified atom stereocenters. The minimum Gasteiger partial charge on any atom is -0.478 e. The number of hydrogen-bond acceptors (Lipinski definition) is 2. The van der Waals surface area contributed by atoms with E-state index in [2.05, 4.69) is 21.2 Å². The molecular weight excluding hydrogens is 348 g/mol. The van der Waals surface area contributed by atoms with Crippen LogP contribution in [0.3, 0.4) is 0 Å². The second kappa shape index (κ2) is 6.01. The first-order chi connectivity index (χ1) is 9.88. The molecule has 0 saturated heterocycles. The Labute approximate surface area is 126 Å². The van der Waals surface area contributed by atoms with E-state index in [1.165, 1.54) is 18.2 Å². The number of benzene rings is 2. The lowest BCUT2D eigenvalue weighted by Gasteiger charge is -2.07. The zero-order chi connectivity index (χ0) is 15.6. The Morgan fingerprint density at radius 2 is 1.62 bits per heavy atom. The number of halogens is 3. The fraction of sp³-hybridized carbons (Fsp3) is 0. The van der Waals surface area contributed by atoms with Gasteiger partial charge >= 0.3 is 5.97 Å². The molecule has 0 spiro atoms. The van der Waals surface area contributed by atoms with Crippen molar-refractivity contribution in [2.24, 2.45) is 0 Å². The number of carbonyl (C=O) groups is 2. The molecule has 0 radical (unpaired) electrons. The number of carboxylic acid groups (broad SMARTS) is 1.